The Kier molecular flexibility index (Phi) is 6.88. The largest absolute Gasteiger partial charge is 0.493 e. The molecule has 0 radical (unpaired) electrons. The van der Waals surface area contributed by atoms with E-state index in [4.69, 9.17) is 4.74 Å². The lowest BCUT2D eigenvalue weighted by Gasteiger charge is -2.30. The third-order valence-electron chi connectivity index (χ3n) is 4.97. The molecule has 0 saturated carbocycles. The fourth-order valence-electron chi connectivity index (χ4n) is 3.37. The second kappa shape index (κ2) is 9.56. The van der Waals surface area contributed by atoms with E-state index in [0.717, 1.165) is 56.0 Å². The third-order valence-corrected chi connectivity index (χ3v) is 4.97. The van der Waals surface area contributed by atoms with Crippen LogP contribution in [0.2, 0.25) is 0 Å². The highest BCUT2D eigenvalue weighted by Gasteiger charge is 2.18. The van der Waals surface area contributed by atoms with Gasteiger partial charge >= 0.3 is 0 Å². The Labute approximate surface area is 161 Å². The number of rotatable bonds is 7. The zero-order valence-electron chi connectivity index (χ0n) is 16.4. The lowest BCUT2D eigenvalue weighted by Crippen LogP contribution is -2.34. The van der Waals surface area contributed by atoms with Gasteiger partial charge in [-0.25, -0.2) is 0 Å². The molecule has 1 saturated heterocycles. The van der Waals surface area contributed by atoms with E-state index in [-0.39, 0.29) is 5.56 Å². The molecule has 4 heteroatoms. The van der Waals surface area contributed by atoms with E-state index >= 15 is 0 Å². The highest BCUT2D eigenvalue weighted by atomic mass is 16.5. The number of ether oxygens (including phenoxy) is 1. The predicted octanol–water partition coefficient (Wildman–Crippen LogP) is 4.34. The molecule has 0 spiro atoms. The van der Waals surface area contributed by atoms with E-state index in [9.17, 15) is 4.79 Å². The Hall–Kier alpha value is -2.33. The second-order valence-electron chi connectivity index (χ2n) is 7.74. The number of pyridine rings is 1. The average Bonchev–Trinajstić information content (AvgIpc) is 2.68. The van der Waals surface area contributed by atoms with Crippen LogP contribution in [-0.4, -0.2) is 29.6 Å². The van der Waals surface area contributed by atoms with Crippen molar-refractivity contribution >= 4 is 6.08 Å². The first-order chi connectivity index (χ1) is 13.1. The summed E-state index contributed by atoms with van der Waals surface area (Å²) in [6, 6.07) is 12.0. The van der Waals surface area contributed by atoms with Crippen LogP contribution in [0.15, 0.2) is 53.5 Å². The highest BCUT2D eigenvalue weighted by Crippen LogP contribution is 2.24. The average molecular weight is 367 g/mol. The van der Waals surface area contributed by atoms with Crippen molar-refractivity contribution in [2.45, 2.75) is 33.2 Å². The molecule has 0 bridgehead atoms. The van der Waals surface area contributed by atoms with Gasteiger partial charge in [0.15, 0.2) is 0 Å². The molecule has 4 nitrogen and oxygen atoms in total. The number of benzene rings is 1. The summed E-state index contributed by atoms with van der Waals surface area (Å²) >= 11 is 0. The smallest absolute Gasteiger partial charge is 0.252 e. The molecule has 1 fully saturated rings. The van der Waals surface area contributed by atoms with Gasteiger partial charge in [-0.15, -0.1) is 0 Å². The quantitative estimate of drug-likeness (QED) is 0.793. The van der Waals surface area contributed by atoms with Gasteiger partial charge in [0.25, 0.3) is 5.56 Å². The van der Waals surface area contributed by atoms with Crippen molar-refractivity contribution in [1.82, 2.24) is 9.88 Å². The minimum atomic E-state index is 0.0255. The summed E-state index contributed by atoms with van der Waals surface area (Å²) in [6.07, 6.45) is 8.46. The first kappa shape index (κ1) is 19.4. The van der Waals surface area contributed by atoms with Gasteiger partial charge in [0.2, 0.25) is 0 Å². The van der Waals surface area contributed by atoms with Crippen LogP contribution in [0.25, 0.3) is 6.08 Å². The molecule has 0 aliphatic carbocycles. The molecule has 2 aromatic rings. The zero-order valence-corrected chi connectivity index (χ0v) is 16.4. The number of para-hydroxylation sites is 1. The summed E-state index contributed by atoms with van der Waals surface area (Å²) in [4.78, 5) is 17.0. The molecule has 0 atom stereocenters. The molecule has 27 heavy (non-hydrogen) atoms. The minimum Gasteiger partial charge on any atom is -0.493 e. The minimum absolute atomic E-state index is 0.0255. The third kappa shape index (κ3) is 5.83. The summed E-state index contributed by atoms with van der Waals surface area (Å²) in [6.45, 7) is 7.84. The summed E-state index contributed by atoms with van der Waals surface area (Å²) in [5.41, 5.74) is 2.02. The van der Waals surface area contributed by atoms with Crippen molar-refractivity contribution in [2.75, 3.05) is 19.7 Å². The van der Waals surface area contributed by atoms with Gasteiger partial charge < -0.3 is 9.72 Å². The van der Waals surface area contributed by atoms with Gasteiger partial charge in [-0.3, -0.25) is 9.69 Å². The van der Waals surface area contributed by atoms with Crippen molar-refractivity contribution in [3.63, 3.8) is 0 Å². The maximum Gasteiger partial charge on any atom is 0.252 e. The number of nitrogens with zero attached hydrogens (tertiary/aromatic N) is 1. The number of H-pyrrole nitrogens is 1. The van der Waals surface area contributed by atoms with E-state index in [2.05, 4.69) is 48.0 Å². The van der Waals surface area contributed by atoms with E-state index in [1.165, 1.54) is 0 Å². The van der Waals surface area contributed by atoms with E-state index in [0.29, 0.717) is 11.8 Å². The number of hydrogen-bond donors (Lipinski definition) is 1. The first-order valence-corrected chi connectivity index (χ1v) is 9.91. The normalized spacial score (nSPS) is 16.3. The Morgan fingerprint density at radius 2 is 1.96 bits per heavy atom. The fraction of sp³-hybridized carbons (Fsp3) is 0.435. The van der Waals surface area contributed by atoms with Crippen LogP contribution in [0.1, 0.15) is 37.8 Å². The van der Waals surface area contributed by atoms with Gasteiger partial charge in [0.1, 0.15) is 5.75 Å². The van der Waals surface area contributed by atoms with Gasteiger partial charge in [-0.05, 0) is 49.9 Å². The number of aromatic amines is 1. The zero-order chi connectivity index (χ0) is 19.1. The number of allylic oxidation sites excluding steroid dienone is 1. The molecule has 3 rings (SSSR count). The lowest BCUT2D eigenvalue weighted by molar-refractivity contribution is 0.195. The van der Waals surface area contributed by atoms with Crippen LogP contribution < -0.4 is 10.3 Å². The molecule has 2 heterocycles. The van der Waals surface area contributed by atoms with Gasteiger partial charge in [-0.2, -0.15) is 0 Å². The van der Waals surface area contributed by atoms with Crippen LogP contribution in [0.5, 0.6) is 5.75 Å². The second-order valence-corrected chi connectivity index (χ2v) is 7.74. The SMILES string of the molecule is CC(C)COc1ccccc1C=CC1CCN(Cc2ccc[nH]c2=O)CC1. The van der Waals surface area contributed by atoms with Crippen molar-refractivity contribution in [3.05, 3.63) is 70.2 Å². The molecule has 1 aliphatic rings. The van der Waals surface area contributed by atoms with E-state index < -0.39 is 0 Å². The van der Waals surface area contributed by atoms with Crippen molar-refractivity contribution < 1.29 is 4.74 Å². The summed E-state index contributed by atoms with van der Waals surface area (Å²) in [5.74, 6) is 2.06. The van der Waals surface area contributed by atoms with E-state index in [1.54, 1.807) is 6.20 Å². The maximum atomic E-state index is 11.8. The Morgan fingerprint density at radius 3 is 2.70 bits per heavy atom. The topological polar surface area (TPSA) is 45.3 Å². The Balaban J connectivity index is 1.53. The standard InChI is InChI=1S/C23H30N2O2/c1-18(2)17-27-22-8-4-3-6-20(22)10-9-19-11-14-25(15-12-19)16-21-7-5-13-24-23(21)26/h3-10,13,18-19H,11-12,14-17H2,1-2H3,(H,24,26). The lowest BCUT2D eigenvalue weighted by atomic mass is 9.95. The summed E-state index contributed by atoms with van der Waals surface area (Å²) < 4.78 is 5.94. The van der Waals surface area contributed by atoms with Crippen molar-refractivity contribution in [1.29, 1.82) is 0 Å². The van der Waals surface area contributed by atoms with Crippen LogP contribution in [0, 0.1) is 11.8 Å². The van der Waals surface area contributed by atoms with Crippen molar-refractivity contribution in [2.24, 2.45) is 11.8 Å². The molecule has 1 N–H and O–H groups in total. The van der Waals surface area contributed by atoms with Gasteiger partial charge in [-0.1, -0.05) is 50.3 Å². The molecular formula is C23H30N2O2. The number of hydrogen-bond acceptors (Lipinski definition) is 3. The van der Waals surface area contributed by atoms with Crippen LogP contribution in [-0.2, 0) is 6.54 Å². The fourth-order valence-corrected chi connectivity index (χ4v) is 3.37. The summed E-state index contributed by atoms with van der Waals surface area (Å²) in [7, 11) is 0. The van der Waals surface area contributed by atoms with Crippen LogP contribution in [0.4, 0.5) is 0 Å². The molecule has 1 aliphatic heterocycles. The monoisotopic (exact) mass is 366 g/mol. The van der Waals surface area contributed by atoms with Crippen molar-refractivity contribution in [3.8, 4) is 5.75 Å². The Bertz CT molecular complexity index is 802. The highest BCUT2D eigenvalue weighted by molar-refractivity contribution is 5.57. The number of aromatic nitrogens is 1. The molecular weight excluding hydrogens is 336 g/mol. The first-order valence-electron chi connectivity index (χ1n) is 9.91. The van der Waals surface area contributed by atoms with Gasteiger partial charge in [0, 0.05) is 23.9 Å². The number of nitrogens with one attached hydrogen (secondary N) is 1. The molecule has 0 amide bonds. The molecule has 0 unspecified atom stereocenters. The number of piperidine rings is 1. The maximum absolute atomic E-state index is 11.8. The van der Waals surface area contributed by atoms with E-state index in [1.807, 2.05) is 24.3 Å². The number of likely N-dealkylation sites (tertiary alicyclic amines) is 1. The Morgan fingerprint density at radius 1 is 1.19 bits per heavy atom. The molecule has 1 aromatic heterocycles. The van der Waals surface area contributed by atoms with Crippen LogP contribution in [0.3, 0.4) is 0 Å². The van der Waals surface area contributed by atoms with Crippen LogP contribution >= 0.6 is 0 Å². The van der Waals surface area contributed by atoms with Gasteiger partial charge in [0.05, 0.1) is 6.61 Å². The predicted molar refractivity (Wildman–Crippen MR) is 111 cm³/mol. The molecule has 1 aromatic carbocycles. The molecule has 144 valence electrons. The summed E-state index contributed by atoms with van der Waals surface area (Å²) in [5, 5.41) is 0.